The number of carbonyl (C=O) groups excluding carboxylic acids is 1. The van der Waals surface area contributed by atoms with Gasteiger partial charge in [-0.1, -0.05) is 13.2 Å². The van der Waals surface area contributed by atoms with Crippen LogP contribution in [0.2, 0.25) is 0 Å². The molecule has 0 aromatic rings. The maximum atomic E-state index is 9.60. The zero-order valence-electron chi connectivity index (χ0n) is 6.13. The second-order valence-corrected chi connectivity index (χ2v) is 1.97. The molecule has 0 saturated carbocycles. The predicted molar refractivity (Wildman–Crippen MR) is 43.5 cm³/mol. The molecular formula is C7H9ClO3. The predicted octanol–water partition coefficient (Wildman–Crippen LogP) is 1.58. The standard InChI is InChI=1S/C4H6O2.C3H3ClO/c1-3(2)4(5)6;1-2-3(4)5/h1H2,2H3,(H,5,6);2H,1H2. The van der Waals surface area contributed by atoms with E-state index in [4.69, 9.17) is 16.7 Å². The van der Waals surface area contributed by atoms with Crippen LogP contribution in [0.5, 0.6) is 0 Å². The lowest BCUT2D eigenvalue weighted by Gasteiger charge is -1.79. The summed E-state index contributed by atoms with van der Waals surface area (Å²) in [5.41, 5.74) is 0.176. The molecule has 0 fully saturated rings. The zero-order valence-corrected chi connectivity index (χ0v) is 6.89. The molecule has 1 N–H and O–H groups in total. The van der Waals surface area contributed by atoms with E-state index in [1.54, 1.807) is 0 Å². The number of allylic oxidation sites excluding steroid dienone is 1. The fourth-order valence-electron chi connectivity index (χ4n) is 0. The Bertz CT molecular complexity index is 172. The van der Waals surface area contributed by atoms with Crippen molar-refractivity contribution in [1.82, 2.24) is 0 Å². The molecule has 0 aromatic heterocycles. The summed E-state index contributed by atoms with van der Waals surface area (Å²) < 4.78 is 0. The number of rotatable bonds is 2. The van der Waals surface area contributed by atoms with Crippen molar-refractivity contribution in [3.05, 3.63) is 24.8 Å². The van der Waals surface area contributed by atoms with Crippen molar-refractivity contribution < 1.29 is 14.7 Å². The molecule has 0 aliphatic heterocycles. The van der Waals surface area contributed by atoms with Crippen molar-refractivity contribution in [3.63, 3.8) is 0 Å². The van der Waals surface area contributed by atoms with E-state index in [0.29, 0.717) is 0 Å². The van der Waals surface area contributed by atoms with Gasteiger partial charge in [-0.15, -0.1) is 0 Å². The highest BCUT2D eigenvalue weighted by Crippen LogP contribution is 1.81. The molecule has 0 spiro atoms. The molecule has 3 nitrogen and oxygen atoms in total. The lowest BCUT2D eigenvalue weighted by Crippen LogP contribution is -1.92. The van der Waals surface area contributed by atoms with Crippen molar-refractivity contribution >= 4 is 22.8 Å². The van der Waals surface area contributed by atoms with Gasteiger partial charge in [0.15, 0.2) is 0 Å². The summed E-state index contributed by atoms with van der Waals surface area (Å²) in [5, 5.41) is 7.38. The summed E-state index contributed by atoms with van der Waals surface area (Å²) in [6, 6.07) is 0. The summed E-state index contributed by atoms with van der Waals surface area (Å²) in [6.45, 7) is 7.68. The van der Waals surface area contributed by atoms with Crippen LogP contribution in [0, 0.1) is 0 Å². The summed E-state index contributed by atoms with van der Waals surface area (Å²) in [7, 11) is 0. The second-order valence-electron chi connectivity index (χ2n) is 1.59. The first-order chi connectivity index (χ1) is 4.91. The quantitative estimate of drug-likeness (QED) is 0.514. The van der Waals surface area contributed by atoms with Gasteiger partial charge >= 0.3 is 5.97 Å². The maximum Gasteiger partial charge on any atom is 0.330 e. The van der Waals surface area contributed by atoms with Gasteiger partial charge in [0.1, 0.15) is 0 Å². The third-order valence-electron chi connectivity index (χ3n) is 0.526. The van der Waals surface area contributed by atoms with Crippen molar-refractivity contribution in [2.24, 2.45) is 0 Å². The maximum absolute atomic E-state index is 9.60. The highest BCUT2D eigenvalue weighted by atomic mass is 35.5. The summed E-state index contributed by atoms with van der Waals surface area (Å²) in [4.78, 5) is 19.1. The molecule has 11 heavy (non-hydrogen) atoms. The molecule has 0 aromatic carbocycles. The molecule has 0 saturated heterocycles. The number of carboxylic acid groups (broad SMARTS) is 1. The van der Waals surface area contributed by atoms with Gasteiger partial charge in [-0.25, -0.2) is 4.79 Å². The average molecular weight is 177 g/mol. The number of carboxylic acids is 1. The van der Waals surface area contributed by atoms with E-state index in [1.807, 2.05) is 0 Å². The molecule has 62 valence electrons. The third kappa shape index (κ3) is 17.6. The first-order valence-electron chi connectivity index (χ1n) is 2.62. The molecule has 0 heterocycles. The fraction of sp³-hybridized carbons (Fsp3) is 0.143. The minimum atomic E-state index is -0.935. The molecule has 0 unspecified atom stereocenters. The van der Waals surface area contributed by atoms with Crippen LogP contribution in [-0.2, 0) is 9.59 Å². The van der Waals surface area contributed by atoms with Crippen LogP contribution in [0.25, 0.3) is 0 Å². The molecule has 0 rings (SSSR count). The lowest BCUT2D eigenvalue weighted by molar-refractivity contribution is -0.132. The minimum Gasteiger partial charge on any atom is -0.478 e. The SMILES string of the molecule is C=C(C)C(=O)O.C=CC(=O)Cl. The van der Waals surface area contributed by atoms with Crippen molar-refractivity contribution in [3.8, 4) is 0 Å². The van der Waals surface area contributed by atoms with Crippen LogP contribution in [0.1, 0.15) is 6.92 Å². The van der Waals surface area contributed by atoms with Gasteiger partial charge in [0.25, 0.3) is 0 Å². The van der Waals surface area contributed by atoms with Gasteiger partial charge in [-0.2, -0.15) is 0 Å². The number of hydrogen-bond donors (Lipinski definition) is 1. The van der Waals surface area contributed by atoms with Gasteiger partial charge < -0.3 is 5.11 Å². The molecule has 0 radical (unpaired) electrons. The highest BCUT2D eigenvalue weighted by molar-refractivity contribution is 6.66. The third-order valence-corrected chi connectivity index (χ3v) is 0.680. The number of aliphatic carboxylic acids is 1. The van der Waals surface area contributed by atoms with Gasteiger partial charge in [-0.05, 0) is 24.6 Å². The molecule has 0 aliphatic rings. The van der Waals surface area contributed by atoms with E-state index < -0.39 is 11.2 Å². The van der Waals surface area contributed by atoms with Crippen molar-refractivity contribution in [2.75, 3.05) is 0 Å². The van der Waals surface area contributed by atoms with Crippen LogP contribution >= 0.6 is 11.6 Å². The van der Waals surface area contributed by atoms with Crippen molar-refractivity contribution in [1.29, 1.82) is 0 Å². The van der Waals surface area contributed by atoms with Crippen molar-refractivity contribution in [2.45, 2.75) is 6.92 Å². The van der Waals surface area contributed by atoms with E-state index in [9.17, 15) is 9.59 Å². The smallest absolute Gasteiger partial charge is 0.330 e. The summed E-state index contributed by atoms with van der Waals surface area (Å²) in [6.07, 6.45) is 1.04. The van der Waals surface area contributed by atoms with E-state index in [2.05, 4.69) is 13.2 Å². The monoisotopic (exact) mass is 176 g/mol. The normalized spacial score (nSPS) is 7.09. The van der Waals surface area contributed by atoms with Crippen LogP contribution in [0.4, 0.5) is 0 Å². The Balaban J connectivity index is 0. The Morgan fingerprint density at radius 1 is 1.55 bits per heavy atom. The molecule has 0 aliphatic carbocycles. The highest BCUT2D eigenvalue weighted by Gasteiger charge is 1.90. The van der Waals surface area contributed by atoms with Gasteiger partial charge in [0.05, 0.1) is 0 Å². The van der Waals surface area contributed by atoms with E-state index in [1.165, 1.54) is 6.92 Å². The largest absolute Gasteiger partial charge is 0.478 e. The molecule has 4 heteroatoms. The Kier molecular flexibility index (Phi) is 8.03. The molecular weight excluding hydrogens is 168 g/mol. The first kappa shape index (κ1) is 12.6. The fourth-order valence-corrected chi connectivity index (χ4v) is 0. The Morgan fingerprint density at radius 3 is 1.73 bits per heavy atom. The van der Waals surface area contributed by atoms with E-state index >= 15 is 0 Å². The van der Waals surface area contributed by atoms with Gasteiger partial charge in [-0.3, -0.25) is 4.79 Å². The van der Waals surface area contributed by atoms with Crippen LogP contribution < -0.4 is 0 Å². The molecule has 0 atom stereocenters. The van der Waals surface area contributed by atoms with E-state index in [0.717, 1.165) is 6.08 Å². The molecule has 0 bridgehead atoms. The lowest BCUT2D eigenvalue weighted by atomic mass is 10.4. The first-order valence-corrected chi connectivity index (χ1v) is 3.00. The number of halogens is 1. The second kappa shape index (κ2) is 7.02. The zero-order chi connectivity index (χ0) is 9.44. The van der Waals surface area contributed by atoms with Crippen LogP contribution in [0.3, 0.4) is 0 Å². The Labute approximate surface area is 70.0 Å². The summed E-state index contributed by atoms with van der Waals surface area (Å²) in [5.74, 6) is -0.935. The minimum absolute atomic E-state index is 0.176. The van der Waals surface area contributed by atoms with Gasteiger partial charge in [0.2, 0.25) is 5.24 Å². The van der Waals surface area contributed by atoms with E-state index in [-0.39, 0.29) is 5.57 Å². The Morgan fingerprint density at radius 2 is 1.73 bits per heavy atom. The van der Waals surface area contributed by atoms with Crippen LogP contribution in [-0.4, -0.2) is 16.3 Å². The average Bonchev–Trinajstić information content (AvgIpc) is 1.89. The van der Waals surface area contributed by atoms with Crippen LogP contribution in [0.15, 0.2) is 24.8 Å². The number of carbonyl (C=O) groups is 2. The molecule has 0 amide bonds. The topological polar surface area (TPSA) is 54.4 Å². The number of hydrogen-bond acceptors (Lipinski definition) is 2. The summed E-state index contributed by atoms with van der Waals surface area (Å²) >= 11 is 4.71. The Hall–Kier alpha value is -1.09. The van der Waals surface area contributed by atoms with Gasteiger partial charge in [0, 0.05) is 5.57 Å².